The third kappa shape index (κ3) is 5.21. The Kier molecular flexibility index (Phi) is 7.14. The number of rotatable bonds is 6. The van der Waals surface area contributed by atoms with Crippen molar-refractivity contribution in [1.29, 1.82) is 5.26 Å². The van der Waals surface area contributed by atoms with Gasteiger partial charge in [0.2, 0.25) is 5.95 Å². The molecule has 216 valence electrons. The number of hydrogen-bond donors (Lipinski definition) is 1. The van der Waals surface area contributed by atoms with Crippen LogP contribution >= 0.6 is 0 Å². The fraction of sp³-hybridized carbons (Fsp3) is 0.176. The largest absolute Gasteiger partial charge is 0.383 e. The summed E-state index contributed by atoms with van der Waals surface area (Å²) in [5.74, 6) is 1.73. The van der Waals surface area contributed by atoms with Crippen LogP contribution in [0, 0.1) is 11.3 Å². The Hall–Kier alpha value is -5.66. The summed E-state index contributed by atoms with van der Waals surface area (Å²) in [5, 5.41) is 9.23. The van der Waals surface area contributed by atoms with E-state index in [2.05, 4.69) is 78.7 Å². The molecule has 0 spiro atoms. The maximum atomic E-state index is 9.23. The molecule has 4 aromatic heterocycles. The molecule has 0 amide bonds. The number of hydrogen-bond acceptors (Lipinski definition) is 9. The van der Waals surface area contributed by atoms with Crippen molar-refractivity contribution in [2.45, 2.75) is 19.5 Å². The summed E-state index contributed by atoms with van der Waals surface area (Å²) in [6.45, 7) is 5.52. The average molecular weight is 579 g/mol. The smallest absolute Gasteiger partial charge is 0.226 e. The van der Waals surface area contributed by atoms with Crippen molar-refractivity contribution in [3.8, 4) is 34.4 Å². The number of fused-ring (bicyclic) bond motifs is 1. The molecule has 2 N–H and O–H groups in total. The SMILES string of the molecule is C[C@H]1CN(Cc2ccc(-n3c(-c4cccnc4N)nc4ccc(-c5ccccc5)nc43)cc2)CCN1c1nccc(C#N)n1. The molecule has 1 fully saturated rings. The molecule has 0 unspecified atom stereocenters. The lowest BCUT2D eigenvalue weighted by Crippen LogP contribution is -2.52. The molecule has 2 aromatic carbocycles. The minimum Gasteiger partial charge on any atom is -0.383 e. The summed E-state index contributed by atoms with van der Waals surface area (Å²) >= 11 is 0. The molecule has 10 nitrogen and oxygen atoms in total. The van der Waals surface area contributed by atoms with Gasteiger partial charge in [0.05, 0.1) is 11.3 Å². The second kappa shape index (κ2) is 11.6. The van der Waals surface area contributed by atoms with Gasteiger partial charge in [-0.15, -0.1) is 0 Å². The first-order chi connectivity index (χ1) is 21.6. The second-order valence-electron chi connectivity index (χ2n) is 10.9. The number of nitrogens with two attached hydrogens (primary N) is 1. The van der Waals surface area contributed by atoms with E-state index in [9.17, 15) is 5.26 Å². The second-order valence-corrected chi connectivity index (χ2v) is 10.9. The van der Waals surface area contributed by atoms with Crippen LogP contribution in [0.2, 0.25) is 0 Å². The first kappa shape index (κ1) is 27.2. The molecule has 44 heavy (non-hydrogen) atoms. The highest BCUT2D eigenvalue weighted by molar-refractivity contribution is 5.84. The lowest BCUT2D eigenvalue weighted by Gasteiger charge is -2.39. The average Bonchev–Trinajstić information content (AvgIpc) is 3.44. The van der Waals surface area contributed by atoms with Crippen LogP contribution in [0.1, 0.15) is 18.2 Å². The van der Waals surface area contributed by atoms with Crippen LogP contribution in [0.25, 0.3) is 39.5 Å². The summed E-state index contributed by atoms with van der Waals surface area (Å²) in [5.41, 5.74) is 13.1. The number of piperazine rings is 1. The van der Waals surface area contributed by atoms with Crippen LogP contribution < -0.4 is 10.6 Å². The highest BCUT2D eigenvalue weighted by Gasteiger charge is 2.26. The molecule has 1 aliphatic rings. The van der Waals surface area contributed by atoms with Crippen LogP contribution in [-0.4, -0.2) is 60.1 Å². The zero-order valence-corrected chi connectivity index (χ0v) is 24.2. The number of pyridine rings is 2. The van der Waals surface area contributed by atoms with Gasteiger partial charge in [0.1, 0.15) is 23.1 Å². The summed E-state index contributed by atoms with van der Waals surface area (Å²) in [6.07, 6.45) is 3.33. The standard InChI is InChI=1S/C34H30N10/c1-23-21-42(18-19-43(23)34-38-17-15-26(20-35)39-34)22-24-9-11-27(12-10-24)44-32(28-8-5-16-37-31(28)36)41-30-14-13-29(40-33(30)44)25-6-3-2-4-7-25/h2-17,23H,18-19,21-22H2,1H3,(H2,36,37)/t23-/m0/s1. The Morgan fingerprint density at radius 2 is 1.70 bits per heavy atom. The van der Waals surface area contributed by atoms with Crippen LogP contribution in [0.4, 0.5) is 11.8 Å². The summed E-state index contributed by atoms with van der Waals surface area (Å²) < 4.78 is 2.06. The van der Waals surface area contributed by atoms with Crippen LogP contribution in [0.15, 0.2) is 97.3 Å². The van der Waals surface area contributed by atoms with Gasteiger partial charge in [-0.1, -0.05) is 42.5 Å². The highest BCUT2D eigenvalue weighted by Crippen LogP contribution is 2.32. The van der Waals surface area contributed by atoms with Crippen LogP contribution in [-0.2, 0) is 6.54 Å². The number of nitriles is 1. The maximum Gasteiger partial charge on any atom is 0.226 e. The molecule has 0 saturated carbocycles. The Labute approximate surface area is 255 Å². The first-order valence-corrected chi connectivity index (χ1v) is 14.5. The van der Waals surface area contributed by atoms with Crippen molar-refractivity contribution in [3.05, 3.63) is 109 Å². The molecule has 1 saturated heterocycles. The predicted octanol–water partition coefficient (Wildman–Crippen LogP) is 5.10. The van der Waals surface area contributed by atoms with Gasteiger partial charge < -0.3 is 10.6 Å². The maximum absolute atomic E-state index is 9.23. The van der Waals surface area contributed by atoms with E-state index in [1.165, 1.54) is 5.56 Å². The van der Waals surface area contributed by atoms with Gasteiger partial charge in [-0.25, -0.2) is 24.9 Å². The van der Waals surface area contributed by atoms with E-state index in [4.69, 9.17) is 15.7 Å². The van der Waals surface area contributed by atoms with Crippen molar-refractivity contribution >= 4 is 22.9 Å². The number of nitrogen functional groups attached to an aromatic ring is 1. The minimum absolute atomic E-state index is 0.215. The molecular weight excluding hydrogens is 548 g/mol. The Morgan fingerprint density at radius 1 is 0.864 bits per heavy atom. The fourth-order valence-electron chi connectivity index (χ4n) is 5.79. The molecule has 0 aliphatic carbocycles. The van der Waals surface area contributed by atoms with Gasteiger partial charge >= 0.3 is 0 Å². The molecule has 5 heterocycles. The van der Waals surface area contributed by atoms with E-state index in [0.717, 1.165) is 59.9 Å². The van der Waals surface area contributed by atoms with Gasteiger partial charge in [0.25, 0.3) is 0 Å². The van der Waals surface area contributed by atoms with Gasteiger partial charge in [-0.2, -0.15) is 5.26 Å². The van der Waals surface area contributed by atoms with Crippen molar-refractivity contribution in [2.24, 2.45) is 0 Å². The zero-order valence-electron chi connectivity index (χ0n) is 24.2. The topological polar surface area (TPSA) is 126 Å². The van der Waals surface area contributed by atoms with E-state index >= 15 is 0 Å². The Bertz CT molecular complexity index is 1980. The third-order valence-corrected chi connectivity index (χ3v) is 7.98. The number of nitrogens with zero attached hydrogens (tertiary/aromatic N) is 9. The summed E-state index contributed by atoms with van der Waals surface area (Å²) in [6, 6.07) is 30.5. The summed E-state index contributed by atoms with van der Waals surface area (Å²) in [4.78, 5) is 27.8. The predicted molar refractivity (Wildman–Crippen MR) is 171 cm³/mol. The van der Waals surface area contributed by atoms with Gasteiger partial charge in [-0.3, -0.25) is 9.47 Å². The van der Waals surface area contributed by atoms with E-state index < -0.39 is 0 Å². The first-order valence-electron chi connectivity index (χ1n) is 14.5. The van der Waals surface area contributed by atoms with Crippen molar-refractivity contribution in [1.82, 2.24) is 34.4 Å². The monoisotopic (exact) mass is 578 g/mol. The minimum atomic E-state index is 0.215. The fourth-order valence-corrected chi connectivity index (χ4v) is 5.79. The molecule has 1 atom stereocenters. The van der Waals surface area contributed by atoms with E-state index in [0.29, 0.717) is 23.3 Å². The molecule has 1 aliphatic heterocycles. The van der Waals surface area contributed by atoms with Crippen molar-refractivity contribution in [2.75, 3.05) is 30.3 Å². The molecule has 10 heteroatoms. The lowest BCUT2D eigenvalue weighted by atomic mass is 10.1. The number of anilines is 2. The van der Waals surface area contributed by atoms with Gasteiger partial charge in [0.15, 0.2) is 11.5 Å². The van der Waals surface area contributed by atoms with Gasteiger partial charge in [-0.05, 0) is 55.0 Å². The van der Waals surface area contributed by atoms with Crippen molar-refractivity contribution < 1.29 is 0 Å². The van der Waals surface area contributed by atoms with Crippen molar-refractivity contribution in [3.63, 3.8) is 0 Å². The van der Waals surface area contributed by atoms with E-state index in [-0.39, 0.29) is 6.04 Å². The van der Waals surface area contributed by atoms with Crippen LogP contribution in [0.5, 0.6) is 0 Å². The highest BCUT2D eigenvalue weighted by atomic mass is 15.3. The summed E-state index contributed by atoms with van der Waals surface area (Å²) in [7, 11) is 0. The van der Waals surface area contributed by atoms with E-state index in [1.54, 1.807) is 18.5 Å². The third-order valence-electron chi connectivity index (χ3n) is 7.98. The quantitative estimate of drug-likeness (QED) is 0.287. The van der Waals surface area contributed by atoms with Crippen LogP contribution in [0.3, 0.4) is 0 Å². The normalized spacial score (nSPS) is 15.4. The van der Waals surface area contributed by atoms with E-state index in [1.807, 2.05) is 42.5 Å². The number of imidazole rings is 1. The molecule has 0 radical (unpaired) electrons. The number of aromatic nitrogens is 6. The Morgan fingerprint density at radius 3 is 2.48 bits per heavy atom. The molecular formula is C34H30N10. The number of benzene rings is 2. The zero-order chi connectivity index (χ0) is 30.0. The molecule has 7 rings (SSSR count). The van der Waals surface area contributed by atoms with Gasteiger partial charge in [0, 0.05) is 55.9 Å². The Balaban J connectivity index is 1.18. The molecule has 0 bridgehead atoms. The lowest BCUT2D eigenvalue weighted by molar-refractivity contribution is 0.219. The molecule has 6 aromatic rings.